The van der Waals surface area contributed by atoms with Gasteiger partial charge in [-0.2, -0.15) is 0 Å². The molecule has 0 radical (unpaired) electrons. The van der Waals surface area contributed by atoms with Crippen molar-refractivity contribution in [3.05, 3.63) is 52.7 Å². The Morgan fingerprint density at radius 1 is 0.944 bits per heavy atom. The van der Waals surface area contributed by atoms with Gasteiger partial charge in [-0.25, -0.2) is 0 Å². The number of anilines is 1. The molecule has 1 aromatic heterocycles. The van der Waals surface area contributed by atoms with Gasteiger partial charge in [0.1, 0.15) is 0 Å². The molecule has 18 heavy (non-hydrogen) atoms. The fourth-order valence-corrected chi connectivity index (χ4v) is 4.39. The molecular formula is C15H13NOSe. The van der Waals surface area contributed by atoms with E-state index in [0.29, 0.717) is 0 Å². The van der Waals surface area contributed by atoms with E-state index in [-0.39, 0.29) is 19.9 Å². The summed E-state index contributed by atoms with van der Waals surface area (Å²) < 4.78 is 2.39. The summed E-state index contributed by atoms with van der Waals surface area (Å²) in [5.41, 5.74) is 1.32. The summed E-state index contributed by atoms with van der Waals surface area (Å²) in [6.45, 7) is 0. The topological polar surface area (TPSA) is 20.3 Å². The average Bonchev–Trinajstić information content (AvgIpc) is 2.38. The summed E-state index contributed by atoms with van der Waals surface area (Å²) in [6.07, 6.45) is 0. The van der Waals surface area contributed by atoms with Crippen molar-refractivity contribution in [2.24, 2.45) is 0 Å². The van der Waals surface area contributed by atoms with Gasteiger partial charge in [-0.1, -0.05) is 0 Å². The first kappa shape index (κ1) is 11.5. The monoisotopic (exact) mass is 303 g/mol. The molecule has 0 atom stereocenters. The Hall–Kier alpha value is -1.57. The molecule has 0 aliphatic heterocycles. The van der Waals surface area contributed by atoms with Gasteiger partial charge in [0.05, 0.1) is 0 Å². The molecule has 0 saturated heterocycles. The van der Waals surface area contributed by atoms with Gasteiger partial charge >= 0.3 is 111 Å². The first-order chi connectivity index (χ1) is 8.66. The second-order valence-corrected chi connectivity index (χ2v) is 6.78. The van der Waals surface area contributed by atoms with Crippen molar-refractivity contribution in [1.29, 1.82) is 0 Å². The van der Waals surface area contributed by atoms with Gasteiger partial charge in [-0.15, -0.1) is 0 Å². The van der Waals surface area contributed by atoms with Crippen molar-refractivity contribution < 1.29 is 0 Å². The number of benzene rings is 2. The Balaban J connectivity index is 2.44. The zero-order chi connectivity index (χ0) is 12.7. The van der Waals surface area contributed by atoms with Gasteiger partial charge in [0.25, 0.3) is 0 Å². The molecule has 0 amide bonds. The third kappa shape index (κ3) is 1.76. The summed E-state index contributed by atoms with van der Waals surface area (Å²) in [4.78, 5) is 14.5. The molecule has 3 rings (SSSR count). The summed E-state index contributed by atoms with van der Waals surface area (Å²) in [7, 11) is 4.04. The van der Waals surface area contributed by atoms with E-state index in [1.54, 1.807) is 0 Å². The molecule has 1 heterocycles. The van der Waals surface area contributed by atoms with E-state index in [1.807, 2.05) is 44.4 Å². The molecule has 3 heteroatoms. The van der Waals surface area contributed by atoms with Crippen molar-refractivity contribution in [3.8, 4) is 0 Å². The van der Waals surface area contributed by atoms with Crippen LogP contribution in [0.4, 0.5) is 5.69 Å². The molecule has 3 aromatic rings. The van der Waals surface area contributed by atoms with Gasteiger partial charge in [-0.3, -0.25) is 0 Å². The van der Waals surface area contributed by atoms with E-state index in [0.717, 1.165) is 16.5 Å². The van der Waals surface area contributed by atoms with E-state index in [4.69, 9.17) is 0 Å². The van der Waals surface area contributed by atoms with E-state index >= 15 is 0 Å². The number of nitrogens with zero attached hydrogens (tertiary/aromatic N) is 1. The average molecular weight is 302 g/mol. The SMILES string of the molecule is CN(C)c1ccc2c(=O)c3ccccc3[se]c2c1. The van der Waals surface area contributed by atoms with Crippen LogP contribution >= 0.6 is 0 Å². The van der Waals surface area contributed by atoms with Crippen LogP contribution in [0.2, 0.25) is 0 Å². The van der Waals surface area contributed by atoms with E-state index in [1.165, 1.54) is 8.52 Å². The Morgan fingerprint density at radius 3 is 2.44 bits per heavy atom. The third-order valence-corrected chi connectivity index (χ3v) is 5.46. The minimum atomic E-state index is 0.166. The van der Waals surface area contributed by atoms with Crippen LogP contribution in [0.25, 0.3) is 19.3 Å². The zero-order valence-corrected chi connectivity index (χ0v) is 12.0. The van der Waals surface area contributed by atoms with E-state index in [9.17, 15) is 4.79 Å². The molecule has 0 bridgehead atoms. The van der Waals surface area contributed by atoms with Crippen LogP contribution in [0.15, 0.2) is 47.3 Å². The van der Waals surface area contributed by atoms with E-state index < -0.39 is 0 Å². The molecule has 0 unspecified atom stereocenters. The maximum atomic E-state index is 12.4. The molecule has 0 aliphatic carbocycles. The number of hydrogen-bond donors (Lipinski definition) is 0. The molecule has 0 spiro atoms. The van der Waals surface area contributed by atoms with Crippen LogP contribution in [-0.2, 0) is 0 Å². The fraction of sp³-hybridized carbons (Fsp3) is 0.133. The summed E-state index contributed by atoms with van der Waals surface area (Å²) in [5, 5.41) is 1.75. The van der Waals surface area contributed by atoms with Crippen LogP contribution < -0.4 is 10.3 Å². The predicted molar refractivity (Wildman–Crippen MR) is 79.0 cm³/mol. The molecule has 0 fully saturated rings. The standard InChI is InChI=1S/C15H13NOSe/c1-16(2)10-7-8-12-14(9-10)18-13-6-4-3-5-11(13)15(12)17/h3-9H,1-2H3. The Kier molecular flexibility index (Phi) is 2.73. The van der Waals surface area contributed by atoms with Crippen LogP contribution in [-0.4, -0.2) is 28.6 Å². The number of hydrogen-bond acceptors (Lipinski definition) is 2. The normalized spacial score (nSPS) is 11.0. The fourth-order valence-electron chi connectivity index (χ4n) is 2.07. The van der Waals surface area contributed by atoms with Gasteiger partial charge in [0.15, 0.2) is 0 Å². The van der Waals surface area contributed by atoms with Crippen molar-refractivity contribution in [1.82, 2.24) is 0 Å². The number of fused-ring (bicyclic) bond motifs is 2. The molecular weight excluding hydrogens is 289 g/mol. The second kappa shape index (κ2) is 4.27. The first-order valence-corrected chi connectivity index (χ1v) is 7.51. The van der Waals surface area contributed by atoms with Crippen LogP contribution in [0.1, 0.15) is 0 Å². The van der Waals surface area contributed by atoms with Crippen molar-refractivity contribution in [2.75, 3.05) is 19.0 Å². The van der Waals surface area contributed by atoms with E-state index in [2.05, 4.69) is 17.0 Å². The Bertz CT molecular complexity index is 789. The summed E-state index contributed by atoms with van der Waals surface area (Å²) >= 11 is 0.228. The number of rotatable bonds is 1. The summed E-state index contributed by atoms with van der Waals surface area (Å²) in [6, 6.07) is 14.1. The van der Waals surface area contributed by atoms with Crippen LogP contribution in [0.3, 0.4) is 0 Å². The minimum absolute atomic E-state index is 0.166. The second-order valence-electron chi connectivity index (χ2n) is 4.50. The van der Waals surface area contributed by atoms with Gasteiger partial charge < -0.3 is 0 Å². The molecule has 90 valence electrons. The molecule has 0 aliphatic rings. The Labute approximate surface area is 111 Å². The third-order valence-electron chi connectivity index (χ3n) is 3.08. The quantitative estimate of drug-likeness (QED) is 0.508. The molecule has 0 N–H and O–H groups in total. The van der Waals surface area contributed by atoms with Crippen molar-refractivity contribution in [2.45, 2.75) is 0 Å². The summed E-state index contributed by atoms with van der Waals surface area (Å²) in [5.74, 6) is 0. The molecule has 0 saturated carbocycles. The van der Waals surface area contributed by atoms with Gasteiger partial charge in [-0.05, 0) is 0 Å². The zero-order valence-electron chi connectivity index (χ0n) is 10.3. The first-order valence-electron chi connectivity index (χ1n) is 5.80. The van der Waals surface area contributed by atoms with Gasteiger partial charge in [0, 0.05) is 0 Å². The maximum absolute atomic E-state index is 12.4. The van der Waals surface area contributed by atoms with Crippen LogP contribution in [0.5, 0.6) is 0 Å². The molecule has 2 nitrogen and oxygen atoms in total. The van der Waals surface area contributed by atoms with Gasteiger partial charge in [0.2, 0.25) is 0 Å². The van der Waals surface area contributed by atoms with Crippen molar-refractivity contribution in [3.63, 3.8) is 0 Å². The molecule has 2 aromatic carbocycles. The van der Waals surface area contributed by atoms with Crippen molar-refractivity contribution >= 4 is 39.5 Å². The Morgan fingerprint density at radius 2 is 1.67 bits per heavy atom. The predicted octanol–water partition coefficient (Wildman–Crippen LogP) is 2.48. The van der Waals surface area contributed by atoms with Crippen LogP contribution in [0, 0.1) is 0 Å².